The molecule has 0 aliphatic heterocycles. The van der Waals surface area contributed by atoms with Crippen molar-refractivity contribution in [3.63, 3.8) is 0 Å². The first-order valence-electron chi connectivity index (χ1n) is 7.99. The minimum atomic E-state index is -0.201. The van der Waals surface area contributed by atoms with E-state index in [0.29, 0.717) is 15.8 Å². The van der Waals surface area contributed by atoms with Crippen molar-refractivity contribution in [3.05, 3.63) is 46.7 Å². The van der Waals surface area contributed by atoms with Crippen molar-refractivity contribution in [1.82, 2.24) is 25.0 Å². The summed E-state index contributed by atoms with van der Waals surface area (Å²) in [4.78, 5) is 17.5. The van der Waals surface area contributed by atoms with Crippen LogP contribution in [-0.4, -0.2) is 30.9 Å². The SMILES string of the molecule is Cc1ccc2n[nH]c(C)c2c1NC(=O)c1cnc(Nc2ccn(C)n2)s1. The number of aryl methyl sites for hydroxylation is 3. The van der Waals surface area contributed by atoms with Crippen molar-refractivity contribution in [3.8, 4) is 0 Å². The molecule has 0 aliphatic carbocycles. The topological polar surface area (TPSA) is 101 Å². The van der Waals surface area contributed by atoms with Gasteiger partial charge < -0.3 is 10.6 Å². The number of H-pyrrole nitrogens is 1. The molecule has 0 aliphatic rings. The number of fused-ring (bicyclic) bond motifs is 1. The lowest BCUT2D eigenvalue weighted by atomic mass is 10.1. The summed E-state index contributed by atoms with van der Waals surface area (Å²) in [5.41, 5.74) is 3.49. The molecule has 3 heterocycles. The van der Waals surface area contributed by atoms with Gasteiger partial charge in [-0.2, -0.15) is 10.2 Å². The van der Waals surface area contributed by atoms with Gasteiger partial charge in [-0.05, 0) is 25.5 Å². The van der Waals surface area contributed by atoms with Crippen LogP contribution in [0.4, 0.5) is 16.6 Å². The molecular formula is C17H17N7OS. The number of carbonyl (C=O) groups is 1. The molecule has 0 atom stereocenters. The fourth-order valence-corrected chi connectivity index (χ4v) is 3.45. The maximum atomic E-state index is 12.7. The van der Waals surface area contributed by atoms with Crippen molar-refractivity contribution in [1.29, 1.82) is 0 Å². The molecule has 8 nitrogen and oxygen atoms in total. The Morgan fingerprint density at radius 3 is 2.88 bits per heavy atom. The van der Waals surface area contributed by atoms with E-state index in [4.69, 9.17) is 0 Å². The summed E-state index contributed by atoms with van der Waals surface area (Å²) >= 11 is 1.27. The first-order chi connectivity index (χ1) is 12.5. The number of aromatic nitrogens is 5. The largest absolute Gasteiger partial charge is 0.320 e. The number of carbonyl (C=O) groups excluding carboxylic acids is 1. The van der Waals surface area contributed by atoms with Gasteiger partial charge in [0.2, 0.25) is 0 Å². The number of nitrogens with zero attached hydrogens (tertiary/aromatic N) is 4. The van der Waals surface area contributed by atoms with Gasteiger partial charge in [-0.3, -0.25) is 14.6 Å². The van der Waals surface area contributed by atoms with Gasteiger partial charge in [0.1, 0.15) is 4.88 Å². The van der Waals surface area contributed by atoms with E-state index < -0.39 is 0 Å². The summed E-state index contributed by atoms with van der Waals surface area (Å²) in [5.74, 6) is 0.483. The van der Waals surface area contributed by atoms with Gasteiger partial charge in [0, 0.05) is 30.4 Å². The Morgan fingerprint density at radius 1 is 1.27 bits per heavy atom. The van der Waals surface area contributed by atoms with Gasteiger partial charge in [-0.1, -0.05) is 17.4 Å². The molecule has 9 heteroatoms. The number of benzene rings is 1. The van der Waals surface area contributed by atoms with Gasteiger partial charge in [-0.15, -0.1) is 0 Å². The second-order valence-electron chi connectivity index (χ2n) is 5.98. The van der Waals surface area contributed by atoms with E-state index in [-0.39, 0.29) is 5.91 Å². The summed E-state index contributed by atoms with van der Waals surface area (Å²) in [5, 5.41) is 19.1. The highest BCUT2D eigenvalue weighted by Gasteiger charge is 2.16. The number of aromatic amines is 1. The van der Waals surface area contributed by atoms with Crippen LogP contribution < -0.4 is 10.6 Å². The van der Waals surface area contributed by atoms with Crippen LogP contribution in [0.1, 0.15) is 20.9 Å². The average molecular weight is 367 g/mol. The number of anilines is 3. The van der Waals surface area contributed by atoms with Crippen molar-refractivity contribution in [2.45, 2.75) is 13.8 Å². The third-order valence-electron chi connectivity index (χ3n) is 4.03. The standard InChI is InChI=1S/C17H17N7OS/c1-9-4-5-11-14(10(2)21-22-11)15(9)20-16(25)12-8-18-17(26-12)19-13-6-7-24(3)23-13/h4-8H,1-3H3,(H,20,25)(H,21,22)(H,18,19,23). The first-order valence-corrected chi connectivity index (χ1v) is 8.81. The van der Waals surface area contributed by atoms with Crippen LogP contribution in [0, 0.1) is 13.8 Å². The Morgan fingerprint density at radius 2 is 2.12 bits per heavy atom. The third-order valence-corrected chi connectivity index (χ3v) is 4.94. The van der Waals surface area contributed by atoms with Gasteiger partial charge in [0.15, 0.2) is 10.9 Å². The van der Waals surface area contributed by atoms with E-state index in [1.165, 1.54) is 11.3 Å². The summed E-state index contributed by atoms with van der Waals surface area (Å²) in [7, 11) is 1.84. The maximum absolute atomic E-state index is 12.7. The van der Waals surface area contributed by atoms with Gasteiger partial charge in [-0.25, -0.2) is 4.98 Å². The fourth-order valence-electron chi connectivity index (χ4n) is 2.73. The van der Waals surface area contributed by atoms with E-state index in [2.05, 4.69) is 30.9 Å². The smallest absolute Gasteiger partial charge is 0.267 e. The molecular weight excluding hydrogens is 350 g/mol. The molecule has 4 aromatic rings. The highest BCUT2D eigenvalue weighted by molar-refractivity contribution is 7.17. The number of nitrogens with one attached hydrogen (secondary N) is 3. The second kappa shape index (κ2) is 6.26. The summed E-state index contributed by atoms with van der Waals surface area (Å²) in [6.07, 6.45) is 3.39. The number of hydrogen-bond donors (Lipinski definition) is 3. The molecule has 1 amide bonds. The quantitative estimate of drug-likeness (QED) is 0.513. The van der Waals surface area contributed by atoms with Gasteiger partial charge in [0.05, 0.1) is 17.4 Å². The predicted octanol–water partition coefficient (Wildman–Crippen LogP) is 3.37. The highest BCUT2D eigenvalue weighted by Crippen LogP contribution is 2.30. The summed E-state index contributed by atoms with van der Waals surface area (Å²) < 4.78 is 1.69. The van der Waals surface area contributed by atoms with E-state index in [1.807, 2.05) is 45.3 Å². The lowest BCUT2D eigenvalue weighted by Gasteiger charge is -2.09. The average Bonchev–Trinajstić information content (AvgIpc) is 3.32. The van der Waals surface area contributed by atoms with Gasteiger partial charge in [0.25, 0.3) is 5.91 Å². The van der Waals surface area contributed by atoms with E-state index in [9.17, 15) is 4.79 Å². The van der Waals surface area contributed by atoms with Crippen molar-refractivity contribution >= 4 is 44.8 Å². The predicted molar refractivity (Wildman–Crippen MR) is 102 cm³/mol. The monoisotopic (exact) mass is 367 g/mol. The van der Waals surface area contributed by atoms with E-state index in [1.54, 1.807) is 10.9 Å². The van der Waals surface area contributed by atoms with Crippen molar-refractivity contribution < 1.29 is 4.79 Å². The Hall–Kier alpha value is -3.20. The first kappa shape index (κ1) is 16.3. The molecule has 0 bridgehead atoms. The van der Waals surface area contributed by atoms with Crippen molar-refractivity contribution in [2.24, 2.45) is 7.05 Å². The van der Waals surface area contributed by atoms with Crippen LogP contribution in [0.2, 0.25) is 0 Å². The number of rotatable bonds is 4. The molecule has 0 saturated heterocycles. The molecule has 3 aromatic heterocycles. The molecule has 0 saturated carbocycles. The lowest BCUT2D eigenvalue weighted by Crippen LogP contribution is -2.11. The Bertz CT molecular complexity index is 1110. The van der Waals surface area contributed by atoms with Crippen LogP contribution in [0.15, 0.2) is 30.6 Å². The molecule has 0 radical (unpaired) electrons. The zero-order chi connectivity index (χ0) is 18.3. The molecule has 0 spiro atoms. The molecule has 3 N–H and O–H groups in total. The molecule has 26 heavy (non-hydrogen) atoms. The maximum Gasteiger partial charge on any atom is 0.267 e. The highest BCUT2D eigenvalue weighted by atomic mass is 32.1. The molecule has 0 unspecified atom stereocenters. The minimum Gasteiger partial charge on any atom is -0.320 e. The number of amides is 1. The van der Waals surface area contributed by atoms with Crippen LogP contribution >= 0.6 is 11.3 Å². The molecule has 132 valence electrons. The normalized spacial score (nSPS) is 11.0. The molecule has 4 rings (SSSR count). The molecule has 1 aromatic carbocycles. The fraction of sp³-hybridized carbons (Fsp3) is 0.176. The Balaban J connectivity index is 1.58. The minimum absolute atomic E-state index is 0.201. The van der Waals surface area contributed by atoms with Crippen LogP contribution in [0.25, 0.3) is 10.9 Å². The third kappa shape index (κ3) is 2.93. The van der Waals surface area contributed by atoms with Crippen LogP contribution in [-0.2, 0) is 7.05 Å². The number of thiazole rings is 1. The second-order valence-corrected chi connectivity index (χ2v) is 7.01. The van der Waals surface area contributed by atoms with Gasteiger partial charge >= 0.3 is 0 Å². The number of hydrogen-bond acceptors (Lipinski definition) is 6. The van der Waals surface area contributed by atoms with Crippen LogP contribution in [0.3, 0.4) is 0 Å². The Kier molecular flexibility index (Phi) is 3.92. The zero-order valence-electron chi connectivity index (χ0n) is 14.5. The summed E-state index contributed by atoms with van der Waals surface area (Å²) in [6, 6.07) is 5.72. The zero-order valence-corrected chi connectivity index (χ0v) is 15.3. The van der Waals surface area contributed by atoms with Crippen LogP contribution in [0.5, 0.6) is 0 Å². The lowest BCUT2D eigenvalue weighted by molar-refractivity contribution is 0.103. The van der Waals surface area contributed by atoms with Crippen molar-refractivity contribution in [2.75, 3.05) is 10.6 Å². The van der Waals surface area contributed by atoms with E-state index in [0.717, 1.165) is 27.8 Å². The molecule has 0 fully saturated rings. The Labute approximate surface area is 153 Å². The van der Waals surface area contributed by atoms with E-state index >= 15 is 0 Å². The summed E-state index contributed by atoms with van der Waals surface area (Å²) in [6.45, 7) is 3.90.